The number of nitrogens with zero attached hydrogens (tertiary/aromatic N) is 6. The number of hydrazone groups is 1. The Morgan fingerprint density at radius 1 is 1.11 bits per heavy atom. The summed E-state index contributed by atoms with van der Waals surface area (Å²) in [5.41, 5.74) is 10.5. The van der Waals surface area contributed by atoms with E-state index in [1.807, 2.05) is 0 Å². The zero-order valence-corrected chi connectivity index (χ0v) is 19.9. The molecular weight excluding hydrogens is 496 g/mol. The number of amidine groups is 1. The molecule has 0 saturated carbocycles. The number of halogens is 3. The van der Waals surface area contributed by atoms with Gasteiger partial charge in [-0.15, -0.1) is 10.2 Å². The van der Waals surface area contributed by atoms with Gasteiger partial charge in [-0.3, -0.25) is 19.6 Å². The fraction of sp³-hybridized carbons (Fsp3) is 0.0909. The molecule has 0 saturated heterocycles. The number of nitrogens with two attached hydrogens (primary N) is 1. The number of rotatable bonds is 6. The van der Waals surface area contributed by atoms with Gasteiger partial charge in [0, 0.05) is 7.05 Å². The molecule has 1 aromatic carbocycles. The molecule has 4 rings (SSSR count). The van der Waals surface area contributed by atoms with E-state index in [9.17, 15) is 9.18 Å². The first-order valence-corrected chi connectivity index (χ1v) is 10.9. The summed E-state index contributed by atoms with van der Waals surface area (Å²) in [6.45, 7) is 1.62. The third-order valence-electron chi connectivity index (χ3n) is 4.90. The summed E-state index contributed by atoms with van der Waals surface area (Å²) in [7, 11) is 1.43. The van der Waals surface area contributed by atoms with Crippen LogP contribution in [-0.2, 0) is 4.79 Å². The largest absolute Gasteiger partial charge is 0.382 e. The Morgan fingerprint density at radius 3 is 2.51 bits per heavy atom. The number of anilines is 1. The zero-order valence-electron chi connectivity index (χ0n) is 18.4. The molecule has 0 aliphatic rings. The predicted molar refractivity (Wildman–Crippen MR) is 134 cm³/mol. The van der Waals surface area contributed by atoms with Crippen LogP contribution in [-0.4, -0.2) is 44.1 Å². The van der Waals surface area contributed by atoms with Crippen LogP contribution in [0.5, 0.6) is 0 Å². The fourth-order valence-corrected chi connectivity index (χ4v) is 3.59. The molecule has 10 nitrogen and oxygen atoms in total. The summed E-state index contributed by atoms with van der Waals surface area (Å²) < 4.78 is 15.6. The maximum absolute atomic E-state index is 14.0. The Bertz CT molecular complexity index is 1460. The van der Waals surface area contributed by atoms with Crippen LogP contribution in [0.15, 0.2) is 58.8 Å². The van der Waals surface area contributed by atoms with Crippen molar-refractivity contribution < 1.29 is 9.18 Å². The molecule has 0 radical (unpaired) electrons. The number of aliphatic imine (C=N–C) groups is 1. The van der Waals surface area contributed by atoms with Crippen LogP contribution in [0.25, 0.3) is 17.2 Å². The van der Waals surface area contributed by atoms with Gasteiger partial charge in [0.15, 0.2) is 23.0 Å². The molecule has 0 fully saturated rings. The van der Waals surface area contributed by atoms with Crippen molar-refractivity contribution in [2.45, 2.75) is 6.92 Å². The summed E-state index contributed by atoms with van der Waals surface area (Å²) >= 11 is 12.3. The number of aromatic nitrogens is 4. The highest BCUT2D eigenvalue weighted by molar-refractivity contribution is 6.66. The van der Waals surface area contributed by atoms with Gasteiger partial charge in [0.05, 0.1) is 33.3 Å². The lowest BCUT2D eigenvalue weighted by atomic mass is 10.3. The van der Waals surface area contributed by atoms with Crippen molar-refractivity contribution in [3.05, 3.63) is 70.2 Å². The van der Waals surface area contributed by atoms with Gasteiger partial charge in [-0.2, -0.15) is 5.10 Å². The summed E-state index contributed by atoms with van der Waals surface area (Å²) in [6.07, 6.45) is 1.43. The molecule has 0 spiro atoms. The van der Waals surface area contributed by atoms with Gasteiger partial charge >= 0.3 is 0 Å². The second-order valence-corrected chi connectivity index (χ2v) is 7.94. The number of benzene rings is 1. The number of carbonyl (C=O) groups is 1. The fourth-order valence-electron chi connectivity index (χ4n) is 3.11. The molecule has 4 aromatic rings. The van der Waals surface area contributed by atoms with E-state index < -0.39 is 5.91 Å². The summed E-state index contributed by atoms with van der Waals surface area (Å²) in [5.74, 6) is -0.784. The molecule has 178 valence electrons. The van der Waals surface area contributed by atoms with Crippen molar-refractivity contribution in [3.63, 3.8) is 0 Å². The molecule has 4 N–H and O–H groups in total. The van der Waals surface area contributed by atoms with Crippen LogP contribution in [0.4, 0.5) is 15.8 Å². The van der Waals surface area contributed by atoms with Crippen molar-refractivity contribution in [3.8, 4) is 11.5 Å². The van der Waals surface area contributed by atoms with Gasteiger partial charge in [-0.1, -0.05) is 29.3 Å². The lowest BCUT2D eigenvalue weighted by Crippen LogP contribution is -2.38. The number of amides is 1. The Hall–Kier alpha value is -4.09. The first kappa shape index (κ1) is 24.0. The molecular formula is C22H18Cl2FN9O. The number of hydrogen-bond donors (Lipinski definition) is 3. The van der Waals surface area contributed by atoms with Gasteiger partial charge in [0.25, 0.3) is 5.91 Å². The molecule has 0 atom stereocenters. The van der Waals surface area contributed by atoms with Crippen molar-refractivity contribution in [2.75, 3.05) is 12.5 Å². The van der Waals surface area contributed by atoms with E-state index in [1.54, 1.807) is 41.7 Å². The topological polar surface area (TPSA) is 135 Å². The average molecular weight is 514 g/mol. The number of hydrogen-bond acceptors (Lipinski definition) is 7. The number of pyridine rings is 2. The maximum Gasteiger partial charge on any atom is 0.275 e. The average Bonchev–Trinajstić information content (AvgIpc) is 3.28. The van der Waals surface area contributed by atoms with Crippen LogP contribution in [0.2, 0.25) is 10.0 Å². The van der Waals surface area contributed by atoms with E-state index >= 15 is 0 Å². The minimum Gasteiger partial charge on any atom is -0.382 e. The molecule has 13 heteroatoms. The normalized spacial score (nSPS) is 12.1. The molecule has 0 aliphatic heterocycles. The highest BCUT2D eigenvalue weighted by Gasteiger charge is 2.17. The van der Waals surface area contributed by atoms with Gasteiger partial charge < -0.3 is 11.1 Å². The Kier molecular flexibility index (Phi) is 6.90. The van der Waals surface area contributed by atoms with E-state index in [0.717, 1.165) is 0 Å². The molecule has 0 bridgehead atoms. The first-order chi connectivity index (χ1) is 16.8. The summed E-state index contributed by atoms with van der Waals surface area (Å²) in [6, 6.07) is 11.0. The second-order valence-electron chi connectivity index (χ2n) is 7.13. The Labute approximate surface area is 208 Å². The Balaban J connectivity index is 1.64. The molecule has 35 heavy (non-hydrogen) atoms. The van der Waals surface area contributed by atoms with E-state index in [2.05, 4.69) is 36.0 Å². The number of carbonyl (C=O) groups excluding carboxylic acids is 1. The van der Waals surface area contributed by atoms with E-state index in [4.69, 9.17) is 28.9 Å². The molecule has 0 unspecified atom stereocenters. The number of aryl methyl sites for hydroxylation is 1. The van der Waals surface area contributed by atoms with Gasteiger partial charge in [0.2, 0.25) is 0 Å². The maximum atomic E-state index is 14.0. The van der Waals surface area contributed by atoms with E-state index in [1.165, 1.54) is 25.4 Å². The summed E-state index contributed by atoms with van der Waals surface area (Å²) in [5, 5.41) is 15.3. The predicted octanol–water partition coefficient (Wildman–Crippen LogP) is 3.75. The van der Waals surface area contributed by atoms with Crippen molar-refractivity contribution >= 4 is 57.7 Å². The summed E-state index contributed by atoms with van der Waals surface area (Å²) in [4.78, 5) is 20.9. The Morgan fingerprint density at radius 2 is 1.86 bits per heavy atom. The number of fused-ring (bicyclic) bond motifs is 1. The lowest BCUT2D eigenvalue weighted by molar-refractivity contribution is -0.114. The lowest BCUT2D eigenvalue weighted by Gasteiger charge is -2.09. The number of para-hydroxylation sites is 1. The quantitative estimate of drug-likeness (QED) is 0.204. The second kappa shape index (κ2) is 10.0. The standard InChI is InChI=1S/C22H18Cl2FN9O/c1-11-15(25)7-9-17-30-33-21(34(11)17)16-8-6-12(10-28-16)29-20(26)19(22(35)27-2)32-31-18-13(23)4-3-5-14(18)24/h3-10,31H,1-2H3,(H2,26,29)(H,27,35)/b32-19+. The van der Waals surface area contributed by atoms with Crippen LogP contribution in [0, 0.1) is 12.7 Å². The zero-order chi connectivity index (χ0) is 25.1. The minimum atomic E-state index is -0.584. The third-order valence-corrected chi connectivity index (χ3v) is 5.53. The van der Waals surface area contributed by atoms with Gasteiger partial charge in [0.1, 0.15) is 11.5 Å². The van der Waals surface area contributed by atoms with Crippen LogP contribution in [0.1, 0.15) is 5.69 Å². The van der Waals surface area contributed by atoms with Crippen LogP contribution < -0.4 is 16.5 Å². The monoisotopic (exact) mass is 513 g/mol. The molecule has 3 aromatic heterocycles. The minimum absolute atomic E-state index is 0.180. The third kappa shape index (κ3) is 4.91. The van der Waals surface area contributed by atoms with Crippen molar-refractivity contribution in [1.82, 2.24) is 24.9 Å². The van der Waals surface area contributed by atoms with E-state index in [-0.39, 0.29) is 17.4 Å². The van der Waals surface area contributed by atoms with Crippen molar-refractivity contribution in [2.24, 2.45) is 15.8 Å². The van der Waals surface area contributed by atoms with Gasteiger partial charge in [-0.05, 0) is 43.3 Å². The SMILES string of the molecule is CNC(=O)/C(=N/Nc1c(Cl)cccc1Cl)C(N)=Nc1ccc(-c2nnc3ccc(F)c(C)n23)nc1. The highest BCUT2D eigenvalue weighted by Crippen LogP contribution is 2.29. The van der Waals surface area contributed by atoms with Gasteiger partial charge in [-0.25, -0.2) is 9.38 Å². The first-order valence-electron chi connectivity index (χ1n) is 10.1. The molecule has 1 amide bonds. The molecule has 3 heterocycles. The van der Waals surface area contributed by atoms with Crippen LogP contribution in [0.3, 0.4) is 0 Å². The van der Waals surface area contributed by atoms with Crippen molar-refractivity contribution in [1.29, 1.82) is 0 Å². The highest BCUT2D eigenvalue weighted by atomic mass is 35.5. The number of nitrogens with one attached hydrogen (secondary N) is 2. The molecule has 0 aliphatic carbocycles. The van der Waals surface area contributed by atoms with E-state index in [0.29, 0.717) is 44.3 Å². The van der Waals surface area contributed by atoms with Crippen LogP contribution >= 0.6 is 23.2 Å². The smallest absolute Gasteiger partial charge is 0.275 e.